The van der Waals surface area contributed by atoms with Gasteiger partial charge in [0, 0.05) is 8.04 Å². The molecule has 1 aliphatic rings. The second-order valence-electron chi connectivity index (χ2n) is 5.24. The van der Waals surface area contributed by atoms with Gasteiger partial charge in [-0.1, -0.05) is 24.3 Å². The monoisotopic (exact) mass is 455 g/mol. The summed E-state index contributed by atoms with van der Waals surface area (Å²) in [4.78, 5) is 6.60. The molecule has 0 saturated heterocycles. The molecular weight excluding hydrogens is 441 g/mol. The summed E-state index contributed by atoms with van der Waals surface area (Å²) in [6.45, 7) is 2.83. The summed E-state index contributed by atoms with van der Waals surface area (Å²) >= 11 is 5.93. The van der Waals surface area contributed by atoms with E-state index in [1.165, 1.54) is 9.13 Å². The molecule has 0 amide bonds. The van der Waals surface area contributed by atoms with E-state index < -0.39 is 0 Å². The molecule has 1 heterocycles. The van der Waals surface area contributed by atoms with Crippen molar-refractivity contribution in [3.8, 4) is 0 Å². The molecule has 3 rings (SSSR count). The van der Waals surface area contributed by atoms with E-state index in [1.807, 2.05) is 18.2 Å². The predicted octanol–water partition coefficient (Wildman–Crippen LogP) is 4.10. The van der Waals surface area contributed by atoms with Crippen LogP contribution >= 0.6 is 38.5 Å². The molecular formula is C16H15BrIN3. The maximum Gasteiger partial charge on any atom is 0.196 e. The van der Waals surface area contributed by atoms with Crippen LogP contribution in [0.15, 0.2) is 58.0 Å². The summed E-state index contributed by atoms with van der Waals surface area (Å²) in [6, 6.07) is 16.6. The number of rotatable bonds is 2. The van der Waals surface area contributed by atoms with Crippen LogP contribution in [0.4, 0.5) is 5.69 Å². The first-order valence-corrected chi connectivity index (χ1v) is 8.50. The zero-order valence-corrected chi connectivity index (χ0v) is 15.3. The normalized spacial score (nSPS) is 21.5. The molecule has 2 aromatic carbocycles. The number of aliphatic imine (C=N–C) groups is 1. The topological polar surface area (TPSA) is 41.6 Å². The van der Waals surface area contributed by atoms with E-state index in [1.54, 1.807) is 0 Å². The number of para-hydroxylation sites is 1. The van der Waals surface area contributed by atoms with E-state index in [-0.39, 0.29) is 5.54 Å². The fourth-order valence-corrected chi connectivity index (χ4v) is 3.50. The minimum atomic E-state index is -0.266. The quantitative estimate of drug-likeness (QED) is 0.692. The molecule has 0 aromatic heterocycles. The van der Waals surface area contributed by atoms with Crippen LogP contribution in [0.25, 0.3) is 0 Å². The third-order valence-electron chi connectivity index (χ3n) is 3.83. The van der Waals surface area contributed by atoms with E-state index in [9.17, 15) is 0 Å². The highest BCUT2D eigenvalue weighted by atomic mass is 127. The van der Waals surface area contributed by atoms with Gasteiger partial charge in [-0.05, 0) is 75.3 Å². The fourth-order valence-electron chi connectivity index (χ4n) is 2.68. The average Bonchev–Trinajstić information content (AvgIpc) is 2.77. The molecule has 1 aliphatic heterocycles. The molecule has 0 spiro atoms. The smallest absolute Gasteiger partial charge is 0.196 e. The molecule has 21 heavy (non-hydrogen) atoms. The number of anilines is 1. The Kier molecular flexibility index (Phi) is 3.96. The van der Waals surface area contributed by atoms with Crippen molar-refractivity contribution in [2.75, 3.05) is 11.4 Å². The molecule has 0 aliphatic carbocycles. The lowest BCUT2D eigenvalue weighted by molar-refractivity contribution is 0.532. The van der Waals surface area contributed by atoms with Gasteiger partial charge in [-0.3, -0.25) is 9.89 Å². The Bertz CT molecular complexity index is 699. The predicted molar refractivity (Wildman–Crippen MR) is 99.6 cm³/mol. The van der Waals surface area contributed by atoms with Gasteiger partial charge in [0.15, 0.2) is 5.96 Å². The van der Waals surface area contributed by atoms with Crippen LogP contribution in [0.2, 0.25) is 0 Å². The third-order valence-corrected chi connectivity index (χ3v) is 5.22. The van der Waals surface area contributed by atoms with Gasteiger partial charge in [0.1, 0.15) is 0 Å². The minimum absolute atomic E-state index is 0.266. The first kappa shape index (κ1) is 14.8. The van der Waals surface area contributed by atoms with Gasteiger partial charge < -0.3 is 5.73 Å². The number of guanidine groups is 1. The summed E-state index contributed by atoms with van der Waals surface area (Å²) in [5.41, 5.74) is 8.16. The van der Waals surface area contributed by atoms with Gasteiger partial charge in [-0.25, -0.2) is 0 Å². The number of hydrogen-bond acceptors (Lipinski definition) is 3. The number of halogens is 2. The lowest BCUT2D eigenvalue weighted by Gasteiger charge is -2.37. The van der Waals surface area contributed by atoms with Crippen LogP contribution in [0, 0.1) is 3.57 Å². The average molecular weight is 456 g/mol. The molecule has 1 atom stereocenters. The van der Waals surface area contributed by atoms with Crippen molar-refractivity contribution < 1.29 is 0 Å². The van der Waals surface area contributed by atoms with Gasteiger partial charge in [0.2, 0.25) is 0 Å². The van der Waals surface area contributed by atoms with E-state index in [2.05, 4.69) is 85.7 Å². The molecule has 0 saturated carbocycles. The van der Waals surface area contributed by atoms with Gasteiger partial charge in [-0.2, -0.15) is 0 Å². The molecule has 1 unspecified atom stereocenters. The third kappa shape index (κ3) is 2.57. The second-order valence-corrected chi connectivity index (χ2v) is 7.34. The summed E-state index contributed by atoms with van der Waals surface area (Å²) in [5, 5.41) is 0. The van der Waals surface area contributed by atoms with Crippen molar-refractivity contribution in [1.29, 1.82) is 0 Å². The highest BCUT2D eigenvalue weighted by Gasteiger charge is 2.41. The lowest BCUT2D eigenvalue weighted by atomic mass is 9.90. The van der Waals surface area contributed by atoms with Crippen molar-refractivity contribution in [2.45, 2.75) is 12.5 Å². The molecule has 2 aromatic rings. The number of nitrogens with two attached hydrogens (primary N) is 1. The summed E-state index contributed by atoms with van der Waals surface area (Å²) < 4.78 is 2.24. The molecule has 2 N–H and O–H groups in total. The number of benzene rings is 2. The van der Waals surface area contributed by atoms with Crippen LogP contribution in [0.3, 0.4) is 0 Å². The Labute approximate surface area is 146 Å². The zero-order valence-electron chi connectivity index (χ0n) is 11.6. The van der Waals surface area contributed by atoms with Gasteiger partial charge >= 0.3 is 0 Å². The molecule has 5 heteroatoms. The second kappa shape index (κ2) is 5.61. The first-order valence-electron chi connectivity index (χ1n) is 6.63. The van der Waals surface area contributed by atoms with Crippen LogP contribution in [-0.2, 0) is 5.54 Å². The fraction of sp³-hybridized carbons (Fsp3) is 0.188. The van der Waals surface area contributed by atoms with Crippen LogP contribution in [0.1, 0.15) is 12.5 Å². The molecule has 3 nitrogen and oxygen atoms in total. The van der Waals surface area contributed by atoms with Gasteiger partial charge in [0.05, 0.1) is 17.8 Å². The maximum absolute atomic E-state index is 6.18. The Morgan fingerprint density at radius 3 is 2.52 bits per heavy atom. The summed E-state index contributed by atoms with van der Waals surface area (Å²) in [6.07, 6.45) is 0. The number of nitrogens with zero attached hydrogens (tertiary/aromatic N) is 2. The van der Waals surface area contributed by atoms with Crippen molar-refractivity contribution in [2.24, 2.45) is 10.7 Å². The SMILES string of the molecule is CC1(c2ccc(I)cc2)CN=C(N)N1c1ccccc1Br. The molecule has 108 valence electrons. The van der Waals surface area contributed by atoms with Gasteiger partial charge in [0.25, 0.3) is 0 Å². The van der Waals surface area contributed by atoms with Crippen LogP contribution in [0.5, 0.6) is 0 Å². The van der Waals surface area contributed by atoms with E-state index in [0.29, 0.717) is 12.5 Å². The Balaban J connectivity index is 2.10. The van der Waals surface area contributed by atoms with E-state index in [4.69, 9.17) is 5.73 Å². The van der Waals surface area contributed by atoms with E-state index in [0.717, 1.165) is 10.2 Å². The highest BCUT2D eigenvalue weighted by Crippen LogP contribution is 2.39. The minimum Gasteiger partial charge on any atom is -0.369 e. The summed E-state index contributed by atoms with van der Waals surface area (Å²) in [7, 11) is 0. The maximum atomic E-state index is 6.18. The van der Waals surface area contributed by atoms with Gasteiger partial charge in [-0.15, -0.1) is 0 Å². The lowest BCUT2D eigenvalue weighted by Crippen LogP contribution is -2.47. The summed E-state index contributed by atoms with van der Waals surface area (Å²) in [5.74, 6) is 0.558. The Morgan fingerprint density at radius 2 is 1.86 bits per heavy atom. The molecule has 0 bridgehead atoms. The van der Waals surface area contributed by atoms with Crippen molar-refractivity contribution >= 4 is 50.2 Å². The first-order chi connectivity index (χ1) is 10.0. The van der Waals surface area contributed by atoms with Crippen molar-refractivity contribution in [3.05, 3.63) is 62.1 Å². The standard InChI is InChI=1S/C16H15BrIN3/c1-16(11-6-8-12(18)9-7-11)10-20-15(19)21(16)14-5-3-2-4-13(14)17/h2-9H,10H2,1H3,(H2,19,20). The largest absolute Gasteiger partial charge is 0.369 e. The molecule has 0 radical (unpaired) electrons. The number of hydrogen-bond donors (Lipinski definition) is 1. The Hall–Kier alpha value is -1.08. The Morgan fingerprint density at radius 1 is 1.19 bits per heavy atom. The van der Waals surface area contributed by atoms with Crippen LogP contribution in [-0.4, -0.2) is 12.5 Å². The van der Waals surface area contributed by atoms with E-state index >= 15 is 0 Å². The zero-order chi connectivity index (χ0) is 15.0. The van der Waals surface area contributed by atoms with Crippen LogP contribution < -0.4 is 10.6 Å². The van der Waals surface area contributed by atoms with Crippen molar-refractivity contribution in [3.63, 3.8) is 0 Å². The van der Waals surface area contributed by atoms with Crippen molar-refractivity contribution in [1.82, 2.24) is 0 Å². The molecule has 0 fully saturated rings. The highest BCUT2D eigenvalue weighted by molar-refractivity contribution is 14.1.